The van der Waals surface area contributed by atoms with Gasteiger partial charge in [-0.25, -0.2) is 4.68 Å². The van der Waals surface area contributed by atoms with Crippen molar-refractivity contribution in [3.05, 3.63) is 47.8 Å². The molecule has 0 aliphatic carbocycles. The number of rotatable bonds is 5. The largest absolute Gasteiger partial charge is 0.433 e. The summed E-state index contributed by atoms with van der Waals surface area (Å²) in [7, 11) is 0. The number of hydrogen-bond acceptors (Lipinski definition) is 3. The van der Waals surface area contributed by atoms with Crippen LogP contribution in [0.15, 0.2) is 36.5 Å². The molecular weight excluding hydrogens is 393 g/mol. The lowest BCUT2D eigenvalue weighted by Crippen LogP contribution is -2.40. The van der Waals surface area contributed by atoms with Gasteiger partial charge in [0.2, 0.25) is 0 Å². The summed E-state index contributed by atoms with van der Waals surface area (Å²) >= 11 is 0. The summed E-state index contributed by atoms with van der Waals surface area (Å²) in [6, 6.07) is 7.12. The monoisotopic (exact) mass is 416 g/mol. The van der Waals surface area contributed by atoms with Crippen molar-refractivity contribution >= 4 is 18.3 Å². The number of amides is 1. The molecule has 1 fully saturated rings. The van der Waals surface area contributed by atoms with Crippen LogP contribution in [-0.4, -0.2) is 46.8 Å². The maximum Gasteiger partial charge on any atom is 0.433 e. The van der Waals surface area contributed by atoms with Gasteiger partial charge in [-0.05, 0) is 56.1 Å². The lowest BCUT2D eigenvalue weighted by atomic mass is 9.96. The summed E-state index contributed by atoms with van der Waals surface area (Å²) < 4.78 is 40.1. The first-order valence-electron chi connectivity index (χ1n) is 9.11. The fourth-order valence-electron chi connectivity index (χ4n) is 3.37. The first kappa shape index (κ1) is 22.2. The molecule has 1 amide bonds. The summed E-state index contributed by atoms with van der Waals surface area (Å²) in [5, 5.41) is 7.10. The second-order valence-corrected chi connectivity index (χ2v) is 6.72. The Kier molecular flexibility index (Phi) is 7.48. The van der Waals surface area contributed by atoms with E-state index in [1.807, 2.05) is 0 Å². The molecule has 1 aliphatic heterocycles. The molecule has 2 aromatic rings. The van der Waals surface area contributed by atoms with Crippen molar-refractivity contribution in [2.45, 2.75) is 25.9 Å². The minimum Gasteiger partial charge on any atom is -0.339 e. The molecule has 0 unspecified atom stereocenters. The summed E-state index contributed by atoms with van der Waals surface area (Å²) in [5.74, 6) is 0.401. The Labute approximate surface area is 168 Å². The van der Waals surface area contributed by atoms with E-state index in [0.29, 0.717) is 24.6 Å². The topological polar surface area (TPSA) is 50.2 Å². The molecule has 0 spiro atoms. The molecule has 2 heterocycles. The van der Waals surface area contributed by atoms with Crippen LogP contribution < -0.4 is 5.32 Å². The highest BCUT2D eigenvalue weighted by atomic mass is 35.5. The fraction of sp³-hybridized carbons (Fsp3) is 0.474. The van der Waals surface area contributed by atoms with Crippen LogP contribution in [0.2, 0.25) is 0 Å². The van der Waals surface area contributed by atoms with E-state index >= 15 is 0 Å². The van der Waals surface area contributed by atoms with Crippen molar-refractivity contribution in [1.82, 2.24) is 20.0 Å². The van der Waals surface area contributed by atoms with E-state index in [0.717, 1.165) is 42.9 Å². The molecule has 9 heteroatoms. The van der Waals surface area contributed by atoms with Crippen molar-refractivity contribution in [1.29, 1.82) is 0 Å². The predicted molar refractivity (Wildman–Crippen MR) is 103 cm³/mol. The number of halogens is 4. The van der Waals surface area contributed by atoms with Crippen molar-refractivity contribution in [2.75, 3.05) is 26.2 Å². The zero-order valence-corrected chi connectivity index (χ0v) is 16.4. The Morgan fingerprint density at radius 2 is 1.96 bits per heavy atom. The Balaban J connectivity index is 0.00000280. The van der Waals surface area contributed by atoms with Crippen molar-refractivity contribution < 1.29 is 18.0 Å². The third kappa shape index (κ3) is 5.05. The van der Waals surface area contributed by atoms with E-state index in [-0.39, 0.29) is 24.0 Å². The van der Waals surface area contributed by atoms with Gasteiger partial charge in [0.15, 0.2) is 0 Å². The zero-order valence-electron chi connectivity index (χ0n) is 15.6. The van der Waals surface area contributed by atoms with E-state index in [1.165, 1.54) is 12.1 Å². The van der Waals surface area contributed by atoms with Gasteiger partial charge in [0.1, 0.15) is 5.69 Å². The number of carbonyl (C=O) groups excluding carboxylic acids is 1. The van der Waals surface area contributed by atoms with Crippen molar-refractivity contribution in [2.24, 2.45) is 5.92 Å². The summed E-state index contributed by atoms with van der Waals surface area (Å²) in [6.45, 7) is 5.27. The van der Waals surface area contributed by atoms with Crippen LogP contribution >= 0.6 is 12.4 Å². The first-order chi connectivity index (χ1) is 12.9. The minimum absolute atomic E-state index is 0. The molecule has 28 heavy (non-hydrogen) atoms. The molecular formula is C19H24ClF3N4O. The fourth-order valence-corrected chi connectivity index (χ4v) is 3.37. The second-order valence-electron chi connectivity index (χ2n) is 6.72. The lowest BCUT2D eigenvalue weighted by molar-refractivity contribution is -0.142. The van der Waals surface area contributed by atoms with E-state index in [2.05, 4.69) is 17.3 Å². The maximum absolute atomic E-state index is 13.1. The van der Waals surface area contributed by atoms with Gasteiger partial charge in [-0.1, -0.05) is 13.0 Å². The van der Waals surface area contributed by atoms with E-state index in [1.54, 1.807) is 17.0 Å². The van der Waals surface area contributed by atoms with Gasteiger partial charge < -0.3 is 10.2 Å². The molecule has 1 aromatic carbocycles. The van der Waals surface area contributed by atoms with Crippen LogP contribution in [0.4, 0.5) is 13.2 Å². The van der Waals surface area contributed by atoms with Gasteiger partial charge in [-0.15, -0.1) is 12.4 Å². The number of benzene rings is 1. The number of aromatic nitrogens is 2. The number of likely N-dealkylation sites (tertiary alicyclic amines) is 1. The third-order valence-corrected chi connectivity index (χ3v) is 4.86. The highest BCUT2D eigenvalue weighted by Gasteiger charge is 2.35. The first-order valence-corrected chi connectivity index (χ1v) is 9.11. The average Bonchev–Trinajstić information content (AvgIpc) is 3.17. The van der Waals surface area contributed by atoms with Crippen LogP contribution in [0.25, 0.3) is 5.69 Å². The molecule has 0 atom stereocenters. The van der Waals surface area contributed by atoms with E-state index < -0.39 is 11.9 Å². The molecule has 1 saturated heterocycles. The lowest BCUT2D eigenvalue weighted by Gasteiger charge is -2.32. The molecule has 1 aromatic heterocycles. The molecule has 5 nitrogen and oxygen atoms in total. The summed E-state index contributed by atoms with van der Waals surface area (Å²) in [5.41, 5.74) is -0.266. The molecule has 0 saturated carbocycles. The number of hydrogen-bond donors (Lipinski definition) is 1. The summed E-state index contributed by atoms with van der Waals surface area (Å²) in [4.78, 5) is 14.6. The molecule has 154 valence electrons. The molecule has 0 radical (unpaired) electrons. The smallest absolute Gasteiger partial charge is 0.339 e. The summed E-state index contributed by atoms with van der Waals surface area (Å²) in [6.07, 6.45) is -1.55. The minimum atomic E-state index is -4.51. The number of nitrogens with zero attached hydrogens (tertiary/aromatic N) is 3. The zero-order chi connectivity index (χ0) is 19.4. The Hall–Kier alpha value is -2.06. The van der Waals surface area contributed by atoms with Crippen molar-refractivity contribution in [3.8, 4) is 5.69 Å². The van der Waals surface area contributed by atoms with Gasteiger partial charge in [-0.3, -0.25) is 4.79 Å². The van der Waals surface area contributed by atoms with Crippen LogP contribution in [0.3, 0.4) is 0 Å². The quantitative estimate of drug-likeness (QED) is 0.807. The maximum atomic E-state index is 13.1. The van der Waals surface area contributed by atoms with Gasteiger partial charge >= 0.3 is 6.18 Å². The average molecular weight is 417 g/mol. The van der Waals surface area contributed by atoms with Gasteiger partial charge in [0.25, 0.3) is 5.91 Å². The van der Waals surface area contributed by atoms with Crippen LogP contribution in [0.1, 0.15) is 35.8 Å². The Morgan fingerprint density at radius 3 is 2.61 bits per heavy atom. The molecule has 1 aliphatic rings. The molecule has 0 bridgehead atoms. The Morgan fingerprint density at radius 1 is 1.25 bits per heavy atom. The van der Waals surface area contributed by atoms with Crippen LogP contribution in [0.5, 0.6) is 0 Å². The number of alkyl halides is 3. The highest BCUT2D eigenvalue weighted by molar-refractivity contribution is 5.94. The molecule has 1 N–H and O–H groups in total. The van der Waals surface area contributed by atoms with Gasteiger partial charge in [0.05, 0.1) is 11.9 Å². The van der Waals surface area contributed by atoms with E-state index in [4.69, 9.17) is 0 Å². The highest BCUT2D eigenvalue weighted by Crippen LogP contribution is 2.30. The number of piperidine rings is 1. The van der Waals surface area contributed by atoms with Crippen LogP contribution in [-0.2, 0) is 6.18 Å². The SMILES string of the molecule is CCNCC1CCN(C(=O)c2cccc(-n3nccc3C(F)(F)F)c2)CC1.Cl. The van der Waals surface area contributed by atoms with Gasteiger partial charge in [0, 0.05) is 18.7 Å². The second kappa shape index (κ2) is 9.43. The van der Waals surface area contributed by atoms with Crippen molar-refractivity contribution in [3.63, 3.8) is 0 Å². The normalized spacial score (nSPS) is 15.4. The number of carbonyl (C=O) groups is 1. The Bertz CT molecular complexity index is 785. The van der Waals surface area contributed by atoms with Gasteiger partial charge in [-0.2, -0.15) is 18.3 Å². The predicted octanol–water partition coefficient (Wildman–Crippen LogP) is 3.77. The molecule has 3 rings (SSSR count). The van der Waals surface area contributed by atoms with Crippen LogP contribution in [0, 0.1) is 5.92 Å². The van der Waals surface area contributed by atoms with E-state index in [9.17, 15) is 18.0 Å². The number of nitrogens with one attached hydrogen (secondary N) is 1. The third-order valence-electron chi connectivity index (χ3n) is 4.86. The standard InChI is InChI=1S/C19H23F3N4O.ClH/c1-2-23-13-14-7-10-25(11-8-14)18(27)15-4-3-5-16(12-15)26-17(6-9-24-26)19(20,21)22;/h3-6,9,12,14,23H,2,7-8,10-11,13H2,1H3;1H.